The van der Waals surface area contributed by atoms with Crippen molar-refractivity contribution in [2.45, 2.75) is 45.6 Å². The molecule has 0 fully saturated rings. The summed E-state index contributed by atoms with van der Waals surface area (Å²) in [4.78, 5) is 9.87. The van der Waals surface area contributed by atoms with E-state index in [4.69, 9.17) is 0 Å². The lowest BCUT2D eigenvalue weighted by atomic mass is 10.1. The molecule has 3 rings (SSSR count). The Hall–Kier alpha value is -2.12. The molecule has 0 saturated carbocycles. The standard InChI is InChI=1S/C20H28N4O2S/c1-14(2)11-24-16(10-21-20(24)27(5,25)26)12-23(4)13-19-15(3)17-8-6-7-9-18(17)22-19/h6-10,14,22H,11-13H2,1-5H3. The Morgan fingerprint density at radius 2 is 1.93 bits per heavy atom. The fourth-order valence-corrected chi connectivity index (χ4v) is 4.31. The molecule has 2 aromatic heterocycles. The summed E-state index contributed by atoms with van der Waals surface area (Å²) in [6.45, 7) is 8.30. The molecule has 2 heterocycles. The summed E-state index contributed by atoms with van der Waals surface area (Å²) in [5.41, 5.74) is 4.49. The Balaban J connectivity index is 1.84. The molecule has 1 aromatic carbocycles. The molecule has 0 bridgehead atoms. The quantitative estimate of drug-likeness (QED) is 0.674. The largest absolute Gasteiger partial charge is 0.357 e. The van der Waals surface area contributed by atoms with Gasteiger partial charge in [0.05, 0.1) is 11.9 Å². The predicted molar refractivity (Wildman–Crippen MR) is 108 cm³/mol. The van der Waals surface area contributed by atoms with Crippen LogP contribution in [0.4, 0.5) is 0 Å². The van der Waals surface area contributed by atoms with Crippen LogP contribution in [0.25, 0.3) is 10.9 Å². The molecular weight excluding hydrogens is 360 g/mol. The Labute approximate surface area is 161 Å². The number of fused-ring (bicyclic) bond motifs is 1. The van der Waals surface area contributed by atoms with Crippen molar-refractivity contribution in [1.29, 1.82) is 0 Å². The normalized spacial score (nSPS) is 12.6. The van der Waals surface area contributed by atoms with Crippen molar-refractivity contribution in [3.63, 3.8) is 0 Å². The lowest BCUT2D eigenvalue weighted by Crippen LogP contribution is -2.22. The number of imidazole rings is 1. The van der Waals surface area contributed by atoms with Gasteiger partial charge in [-0.25, -0.2) is 13.4 Å². The van der Waals surface area contributed by atoms with Crippen LogP contribution in [0, 0.1) is 12.8 Å². The second-order valence-electron chi connectivity index (χ2n) is 7.76. The summed E-state index contributed by atoms with van der Waals surface area (Å²) >= 11 is 0. The van der Waals surface area contributed by atoms with Crippen LogP contribution in [0.15, 0.2) is 35.6 Å². The van der Waals surface area contributed by atoms with Crippen LogP contribution in [-0.2, 0) is 29.5 Å². The minimum absolute atomic E-state index is 0.154. The van der Waals surface area contributed by atoms with Gasteiger partial charge in [0, 0.05) is 42.5 Å². The van der Waals surface area contributed by atoms with Crippen molar-refractivity contribution in [3.8, 4) is 0 Å². The highest BCUT2D eigenvalue weighted by Crippen LogP contribution is 2.23. The van der Waals surface area contributed by atoms with E-state index in [1.807, 2.05) is 23.7 Å². The van der Waals surface area contributed by atoms with E-state index in [1.54, 1.807) is 6.20 Å². The van der Waals surface area contributed by atoms with Crippen molar-refractivity contribution in [1.82, 2.24) is 19.4 Å². The number of rotatable bonds is 7. The second-order valence-corrected chi connectivity index (χ2v) is 9.66. The molecule has 0 atom stereocenters. The average molecular weight is 389 g/mol. The molecule has 0 spiro atoms. The van der Waals surface area contributed by atoms with Gasteiger partial charge in [0.1, 0.15) is 0 Å². The van der Waals surface area contributed by atoms with Gasteiger partial charge >= 0.3 is 0 Å². The zero-order valence-electron chi connectivity index (χ0n) is 16.7. The fraction of sp³-hybridized carbons (Fsp3) is 0.450. The number of benzene rings is 1. The highest BCUT2D eigenvalue weighted by molar-refractivity contribution is 7.90. The van der Waals surface area contributed by atoms with Gasteiger partial charge in [-0.1, -0.05) is 32.0 Å². The van der Waals surface area contributed by atoms with E-state index >= 15 is 0 Å². The Morgan fingerprint density at radius 3 is 2.56 bits per heavy atom. The summed E-state index contributed by atoms with van der Waals surface area (Å²) < 4.78 is 26.0. The van der Waals surface area contributed by atoms with Gasteiger partial charge in [-0.2, -0.15) is 0 Å². The van der Waals surface area contributed by atoms with Gasteiger partial charge < -0.3 is 9.55 Å². The number of nitrogens with one attached hydrogen (secondary N) is 1. The van der Waals surface area contributed by atoms with E-state index in [2.05, 4.69) is 47.8 Å². The Bertz CT molecular complexity index is 1050. The number of nitrogens with zero attached hydrogens (tertiary/aromatic N) is 3. The smallest absolute Gasteiger partial charge is 0.227 e. The van der Waals surface area contributed by atoms with Crippen LogP contribution in [0.1, 0.15) is 30.8 Å². The molecule has 0 saturated heterocycles. The topological polar surface area (TPSA) is 71.0 Å². The van der Waals surface area contributed by atoms with Crippen molar-refractivity contribution in [2.24, 2.45) is 5.92 Å². The van der Waals surface area contributed by atoms with Crippen molar-refractivity contribution < 1.29 is 8.42 Å². The maximum Gasteiger partial charge on any atom is 0.227 e. The molecule has 0 radical (unpaired) electrons. The number of hydrogen-bond donors (Lipinski definition) is 1. The lowest BCUT2D eigenvalue weighted by Gasteiger charge is -2.19. The number of para-hydroxylation sites is 1. The van der Waals surface area contributed by atoms with Crippen LogP contribution in [0.5, 0.6) is 0 Å². The van der Waals surface area contributed by atoms with Gasteiger partial charge in [0.15, 0.2) is 0 Å². The first-order valence-corrected chi connectivity index (χ1v) is 11.0. The molecular formula is C20H28N4O2S. The lowest BCUT2D eigenvalue weighted by molar-refractivity contribution is 0.301. The third-order valence-electron chi connectivity index (χ3n) is 4.71. The van der Waals surface area contributed by atoms with Gasteiger partial charge in [-0.15, -0.1) is 0 Å². The van der Waals surface area contributed by atoms with Crippen LogP contribution in [0.3, 0.4) is 0 Å². The van der Waals surface area contributed by atoms with E-state index < -0.39 is 9.84 Å². The van der Waals surface area contributed by atoms with Crippen LogP contribution in [-0.4, -0.2) is 41.2 Å². The predicted octanol–water partition coefficient (Wildman–Crippen LogP) is 3.36. The number of sulfone groups is 1. The van der Waals surface area contributed by atoms with Gasteiger partial charge in [-0.05, 0) is 31.5 Å². The molecule has 7 heteroatoms. The highest BCUT2D eigenvalue weighted by atomic mass is 32.2. The van der Waals surface area contributed by atoms with Crippen molar-refractivity contribution in [2.75, 3.05) is 13.3 Å². The van der Waals surface area contributed by atoms with Crippen molar-refractivity contribution >= 4 is 20.7 Å². The first kappa shape index (κ1) is 19.6. The molecule has 6 nitrogen and oxygen atoms in total. The minimum atomic E-state index is -3.35. The summed E-state index contributed by atoms with van der Waals surface area (Å²) in [5.74, 6) is 0.333. The zero-order chi connectivity index (χ0) is 19.8. The maximum atomic E-state index is 12.1. The van der Waals surface area contributed by atoms with Gasteiger partial charge in [-0.3, -0.25) is 4.90 Å². The number of aromatic nitrogens is 3. The highest BCUT2D eigenvalue weighted by Gasteiger charge is 2.20. The maximum absolute atomic E-state index is 12.1. The van der Waals surface area contributed by atoms with E-state index in [0.717, 1.165) is 17.8 Å². The molecule has 1 N–H and O–H groups in total. The molecule has 146 valence electrons. The first-order chi connectivity index (χ1) is 12.7. The van der Waals surface area contributed by atoms with Crippen molar-refractivity contribution in [3.05, 3.63) is 47.4 Å². The summed E-state index contributed by atoms with van der Waals surface area (Å²) in [6, 6.07) is 8.29. The van der Waals surface area contributed by atoms with Crippen LogP contribution < -0.4 is 0 Å². The Kier molecular flexibility index (Phi) is 5.44. The first-order valence-electron chi connectivity index (χ1n) is 9.16. The summed E-state index contributed by atoms with van der Waals surface area (Å²) in [7, 11) is -1.31. The minimum Gasteiger partial charge on any atom is -0.357 e. The third kappa shape index (κ3) is 4.25. The molecule has 0 amide bonds. The van der Waals surface area contributed by atoms with Gasteiger partial charge in [0.25, 0.3) is 0 Å². The molecule has 0 aliphatic carbocycles. The molecule has 27 heavy (non-hydrogen) atoms. The molecule has 0 aliphatic heterocycles. The average Bonchev–Trinajstić information content (AvgIpc) is 3.09. The molecule has 0 unspecified atom stereocenters. The number of hydrogen-bond acceptors (Lipinski definition) is 4. The van der Waals surface area contributed by atoms with Crippen LogP contribution in [0.2, 0.25) is 0 Å². The number of aryl methyl sites for hydroxylation is 1. The fourth-order valence-electron chi connectivity index (χ4n) is 3.47. The molecule has 0 aliphatic rings. The Morgan fingerprint density at radius 1 is 1.22 bits per heavy atom. The molecule has 3 aromatic rings. The third-order valence-corrected chi connectivity index (χ3v) is 5.70. The van der Waals surface area contributed by atoms with Crippen LogP contribution >= 0.6 is 0 Å². The zero-order valence-corrected chi connectivity index (χ0v) is 17.5. The summed E-state index contributed by atoms with van der Waals surface area (Å²) in [5, 5.41) is 1.39. The monoisotopic (exact) mass is 388 g/mol. The van der Waals surface area contributed by atoms with E-state index in [9.17, 15) is 8.42 Å². The van der Waals surface area contributed by atoms with E-state index in [0.29, 0.717) is 19.0 Å². The second kappa shape index (κ2) is 7.48. The van der Waals surface area contributed by atoms with E-state index in [-0.39, 0.29) is 5.16 Å². The van der Waals surface area contributed by atoms with Gasteiger partial charge in [0.2, 0.25) is 15.0 Å². The van der Waals surface area contributed by atoms with E-state index in [1.165, 1.54) is 22.9 Å². The number of H-pyrrole nitrogens is 1. The summed E-state index contributed by atoms with van der Waals surface area (Å²) in [6.07, 6.45) is 2.90. The number of aromatic amines is 1. The SMILES string of the molecule is Cc1c(CN(C)Cc2cnc(S(C)(=O)=O)n2CC(C)C)[nH]c2ccccc12.